The van der Waals surface area contributed by atoms with Gasteiger partial charge in [-0.3, -0.25) is 14.9 Å². The van der Waals surface area contributed by atoms with Gasteiger partial charge in [-0.15, -0.1) is 0 Å². The lowest BCUT2D eigenvalue weighted by Gasteiger charge is -2.24. The van der Waals surface area contributed by atoms with Gasteiger partial charge in [-0.25, -0.2) is 0 Å². The van der Waals surface area contributed by atoms with E-state index < -0.39 is 4.92 Å². The first-order valence-corrected chi connectivity index (χ1v) is 13.8. The number of allylic oxidation sites excluding steroid dienone is 7. The van der Waals surface area contributed by atoms with E-state index in [2.05, 4.69) is 37.8 Å². The molecule has 37 heavy (non-hydrogen) atoms. The number of benzene rings is 1. The molecule has 0 N–H and O–H groups in total. The lowest BCUT2D eigenvalue weighted by molar-refractivity contribution is -0.419. The summed E-state index contributed by atoms with van der Waals surface area (Å²) in [7, 11) is 2.00. The van der Waals surface area contributed by atoms with Crippen LogP contribution in [0, 0.1) is 10.1 Å². The summed E-state index contributed by atoms with van der Waals surface area (Å²) in [6.07, 6.45) is 20.4. The van der Waals surface area contributed by atoms with E-state index in [-0.39, 0.29) is 16.9 Å². The van der Waals surface area contributed by atoms with Crippen molar-refractivity contribution in [3.63, 3.8) is 0 Å². The summed E-state index contributed by atoms with van der Waals surface area (Å²) >= 11 is 0. The van der Waals surface area contributed by atoms with Gasteiger partial charge in [0.15, 0.2) is 5.78 Å². The summed E-state index contributed by atoms with van der Waals surface area (Å²) in [5.41, 5.74) is 3.19. The van der Waals surface area contributed by atoms with Crippen LogP contribution >= 0.6 is 0 Å². The molecule has 1 aromatic rings. The second-order valence-corrected chi connectivity index (χ2v) is 10.6. The SMILES string of the molecule is CCCCCCCCCCCCOc1ccc2c(c1)C(C)(C)/C(=C\C=C1\C=C([N+](=O)[O-])C=CC1=O)N2C. The number of unbranched alkanes of at least 4 members (excludes halogenated alkanes) is 9. The molecule has 0 saturated carbocycles. The number of nitro groups is 1. The van der Waals surface area contributed by atoms with Crippen LogP contribution in [-0.4, -0.2) is 24.4 Å². The summed E-state index contributed by atoms with van der Waals surface area (Å²) in [5.74, 6) is 0.642. The highest BCUT2D eigenvalue weighted by Gasteiger charge is 2.38. The molecular formula is C31H42N2O4. The van der Waals surface area contributed by atoms with Gasteiger partial charge in [0, 0.05) is 41.6 Å². The average Bonchev–Trinajstić information content (AvgIpc) is 3.06. The van der Waals surface area contributed by atoms with Crippen LogP contribution in [0.15, 0.2) is 65.5 Å². The fourth-order valence-corrected chi connectivity index (χ4v) is 5.13. The number of carbonyl (C=O) groups is 1. The molecule has 0 unspecified atom stereocenters. The van der Waals surface area contributed by atoms with E-state index in [1.807, 2.05) is 19.2 Å². The molecule has 0 spiro atoms. The van der Waals surface area contributed by atoms with Crippen LogP contribution in [0.25, 0.3) is 0 Å². The molecule has 200 valence electrons. The lowest BCUT2D eigenvalue weighted by Crippen LogP contribution is -2.22. The van der Waals surface area contributed by atoms with Gasteiger partial charge in [0.25, 0.3) is 5.70 Å². The van der Waals surface area contributed by atoms with Gasteiger partial charge in [0.1, 0.15) is 5.75 Å². The van der Waals surface area contributed by atoms with Gasteiger partial charge in [-0.2, -0.15) is 0 Å². The Hall–Kier alpha value is -3.15. The Bertz CT molecular complexity index is 1090. The molecule has 1 aromatic carbocycles. The molecule has 3 rings (SSSR count). The third-order valence-corrected chi connectivity index (χ3v) is 7.40. The van der Waals surface area contributed by atoms with Crippen LogP contribution in [0.3, 0.4) is 0 Å². The second-order valence-electron chi connectivity index (χ2n) is 10.6. The molecule has 1 aliphatic carbocycles. The summed E-state index contributed by atoms with van der Waals surface area (Å²) in [6.45, 7) is 7.27. The largest absolute Gasteiger partial charge is 0.494 e. The third-order valence-electron chi connectivity index (χ3n) is 7.40. The number of rotatable bonds is 14. The second kappa shape index (κ2) is 13.4. The highest BCUT2D eigenvalue weighted by Crippen LogP contribution is 2.48. The Kier molecular flexibility index (Phi) is 10.3. The Labute approximate surface area is 221 Å². The number of fused-ring (bicyclic) bond motifs is 1. The molecule has 2 aliphatic rings. The summed E-state index contributed by atoms with van der Waals surface area (Å²) in [4.78, 5) is 25.0. The summed E-state index contributed by atoms with van der Waals surface area (Å²) in [5, 5.41) is 11.1. The first kappa shape index (κ1) is 28.4. The number of hydrogen-bond acceptors (Lipinski definition) is 5. The van der Waals surface area contributed by atoms with Crippen molar-refractivity contribution in [2.75, 3.05) is 18.6 Å². The van der Waals surface area contributed by atoms with Crippen molar-refractivity contribution in [2.24, 2.45) is 0 Å². The maximum absolute atomic E-state index is 12.2. The number of carbonyl (C=O) groups excluding carboxylic acids is 1. The smallest absolute Gasteiger partial charge is 0.270 e. The van der Waals surface area contributed by atoms with E-state index in [9.17, 15) is 14.9 Å². The highest BCUT2D eigenvalue weighted by molar-refractivity contribution is 6.07. The van der Waals surface area contributed by atoms with Crippen LogP contribution in [0.4, 0.5) is 5.69 Å². The van der Waals surface area contributed by atoms with Crippen molar-refractivity contribution < 1.29 is 14.5 Å². The molecule has 0 radical (unpaired) electrons. The minimum absolute atomic E-state index is 0.0872. The number of nitrogens with zero attached hydrogens (tertiary/aromatic N) is 2. The van der Waals surface area contributed by atoms with Crippen molar-refractivity contribution in [3.05, 3.63) is 81.2 Å². The molecule has 0 amide bonds. The molecule has 1 heterocycles. The van der Waals surface area contributed by atoms with E-state index >= 15 is 0 Å². The van der Waals surface area contributed by atoms with Gasteiger partial charge < -0.3 is 9.64 Å². The fourth-order valence-electron chi connectivity index (χ4n) is 5.13. The summed E-state index contributed by atoms with van der Waals surface area (Å²) < 4.78 is 6.10. The quantitative estimate of drug-likeness (QED) is 0.111. The number of hydrogen-bond donors (Lipinski definition) is 0. The molecule has 6 heteroatoms. The Morgan fingerprint density at radius 2 is 1.62 bits per heavy atom. The van der Waals surface area contributed by atoms with Crippen LogP contribution in [-0.2, 0) is 10.2 Å². The van der Waals surface area contributed by atoms with E-state index in [0.717, 1.165) is 35.7 Å². The number of likely N-dealkylation sites (N-methyl/N-ethyl adjacent to an activating group) is 1. The Balaban J connectivity index is 1.55. The summed E-state index contributed by atoms with van der Waals surface area (Å²) in [6, 6.07) is 6.22. The van der Waals surface area contributed by atoms with Gasteiger partial charge in [0.2, 0.25) is 0 Å². The van der Waals surface area contributed by atoms with E-state index in [1.165, 1.54) is 76.0 Å². The molecule has 0 fully saturated rings. The zero-order chi connectivity index (χ0) is 26.8. The van der Waals surface area contributed by atoms with Crippen LogP contribution < -0.4 is 9.64 Å². The molecule has 0 aromatic heterocycles. The molecule has 6 nitrogen and oxygen atoms in total. The average molecular weight is 507 g/mol. The van der Waals surface area contributed by atoms with Crippen LogP contribution in [0.2, 0.25) is 0 Å². The minimum atomic E-state index is -0.484. The topological polar surface area (TPSA) is 72.7 Å². The Morgan fingerprint density at radius 1 is 0.973 bits per heavy atom. The fraction of sp³-hybridized carbons (Fsp3) is 0.516. The number of ketones is 1. The number of anilines is 1. The first-order valence-electron chi connectivity index (χ1n) is 13.8. The van der Waals surface area contributed by atoms with Gasteiger partial charge in [-0.05, 0) is 48.4 Å². The van der Waals surface area contributed by atoms with Crippen molar-refractivity contribution in [3.8, 4) is 5.75 Å². The molecular weight excluding hydrogens is 464 g/mol. The lowest BCUT2D eigenvalue weighted by atomic mass is 9.83. The predicted octanol–water partition coefficient (Wildman–Crippen LogP) is 7.82. The van der Waals surface area contributed by atoms with Crippen molar-refractivity contribution in [1.82, 2.24) is 0 Å². The minimum Gasteiger partial charge on any atom is -0.494 e. The van der Waals surface area contributed by atoms with Crippen LogP contribution in [0.1, 0.15) is 90.5 Å². The predicted molar refractivity (Wildman–Crippen MR) is 151 cm³/mol. The maximum Gasteiger partial charge on any atom is 0.270 e. The molecule has 0 atom stereocenters. The van der Waals surface area contributed by atoms with Crippen LogP contribution in [0.5, 0.6) is 5.75 Å². The first-order chi connectivity index (χ1) is 17.8. The normalized spacial score (nSPS) is 18.4. The number of ether oxygens (including phenoxy) is 1. The zero-order valence-corrected chi connectivity index (χ0v) is 22.9. The van der Waals surface area contributed by atoms with Crippen molar-refractivity contribution >= 4 is 11.5 Å². The molecule has 0 bridgehead atoms. The van der Waals surface area contributed by atoms with E-state index in [0.29, 0.717) is 5.57 Å². The third kappa shape index (κ3) is 7.43. The zero-order valence-electron chi connectivity index (χ0n) is 22.9. The maximum atomic E-state index is 12.2. The van der Waals surface area contributed by atoms with E-state index in [4.69, 9.17) is 4.74 Å². The standard InChI is InChI=1S/C31H42N2O4/c1-5-6-7-8-9-10-11-12-13-14-21-37-26-17-18-28-27(23-26)31(2,3)30(32(28)4)20-15-24-22-25(33(35)36)16-19-29(24)34/h15-20,22-23H,5-14,21H2,1-4H3/b24-15-,30-20+. The van der Waals surface area contributed by atoms with Crippen molar-refractivity contribution in [1.29, 1.82) is 0 Å². The highest BCUT2D eigenvalue weighted by atomic mass is 16.6. The van der Waals surface area contributed by atoms with Gasteiger partial charge in [-0.1, -0.05) is 78.6 Å². The van der Waals surface area contributed by atoms with E-state index in [1.54, 1.807) is 6.08 Å². The van der Waals surface area contributed by atoms with Gasteiger partial charge >= 0.3 is 0 Å². The monoisotopic (exact) mass is 506 g/mol. The molecule has 1 aliphatic heterocycles. The van der Waals surface area contributed by atoms with Gasteiger partial charge in [0.05, 0.1) is 11.5 Å². The van der Waals surface area contributed by atoms with Crippen molar-refractivity contribution in [2.45, 2.75) is 90.4 Å². The Morgan fingerprint density at radius 3 is 2.27 bits per heavy atom. The molecule has 0 saturated heterocycles.